The van der Waals surface area contributed by atoms with Gasteiger partial charge in [-0.05, 0) is 45.5 Å². The Balaban J connectivity index is 2.09. The highest BCUT2D eigenvalue weighted by Gasteiger charge is 2.21. The molecule has 1 atom stereocenters. The van der Waals surface area contributed by atoms with Crippen molar-refractivity contribution in [1.82, 2.24) is 5.32 Å². The van der Waals surface area contributed by atoms with Crippen molar-refractivity contribution < 1.29 is 9.47 Å². The summed E-state index contributed by atoms with van der Waals surface area (Å²) in [5.74, 6) is 1.98. The minimum atomic E-state index is 0.268. The zero-order valence-electron chi connectivity index (χ0n) is 11.9. The molecule has 2 rings (SSSR count). The topological polar surface area (TPSA) is 56.5 Å². The van der Waals surface area contributed by atoms with E-state index in [1.165, 1.54) is 5.56 Å². The normalized spacial score (nSPS) is 17.1. The van der Waals surface area contributed by atoms with Crippen molar-refractivity contribution in [3.63, 3.8) is 0 Å². The molecular formula is C15H24N2O2. The van der Waals surface area contributed by atoms with Gasteiger partial charge in [-0.25, -0.2) is 0 Å². The van der Waals surface area contributed by atoms with Gasteiger partial charge in [0.15, 0.2) is 0 Å². The maximum absolute atomic E-state index is 5.80. The van der Waals surface area contributed by atoms with Crippen molar-refractivity contribution in [2.75, 3.05) is 19.7 Å². The second-order valence-corrected chi connectivity index (χ2v) is 4.95. The molecule has 0 spiro atoms. The van der Waals surface area contributed by atoms with Crippen molar-refractivity contribution in [2.45, 2.75) is 39.3 Å². The molecule has 1 unspecified atom stereocenters. The maximum Gasteiger partial charge on any atom is 0.124 e. The molecule has 0 amide bonds. The lowest BCUT2D eigenvalue weighted by atomic mass is 10.1. The van der Waals surface area contributed by atoms with E-state index in [2.05, 4.69) is 24.4 Å². The summed E-state index contributed by atoms with van der Waals surface area (Å²) in [6, 6.07) is 4.24. The van der Waals surface area contributed by atoms with E-state index < -0.39 is 0 Å². The lowest BCUT2D eigenvalue weighted by Gasteiger charge is -2.13. The molecule has 0 aliphatic carbocycles. The highest BCUT2D eigenvalue weighted by Crippen LogP contribution is 2.35. The van der Waals surface area contributed by atoms with Crippen LogP contribution in [0.25, 0.3) is 0 Å². The van der Waals surface area contributed by atoms with Gasteiger partial charge in [0.05, 0.1) is 6.61 Å². The Bertz CT molecular complexity index is 421. The summed E-state index contributed by atoms with van der Waals surface area (Å²) in [6.45, 7) is 7.23. The smallest absolute Gasteiger partial charge is 0.124 e. The highest BCUT2D eigenvalue weighted by molar-refractivity contribution is 5.48. The Morgan fingerprint density at radius 3 is 3.05 bits per heavy atom. The van der Waals surface area contributed by atoms with E-state index in [9.17, 15) is 0 Å². The van der Waals surface area contributed by atoms with Gasteiger partial charge in [-0.15, -0.1) is 0 Å². The van der Waals surface area contributed by atoms with E-state index in [4.69, 9.17) is 15.2 Å². The Morgan fingerprint density at radius 2 is 2.32 bits per heavy atom. The van der Waals surface area contributed by atoms with Crippen molar-refractivity contribution in [3.8, 4) is 11.5 Å². The number of nitrogens with two attached hydrogens (primary N) is 1. The second-order valence-electron chi connectivity index (χ2n) is 4.95. The standard InChI is InChI=1S/C15H24N2O2/c1-3-18-14-8-12-7-11(2)19-15(12)9-13(14)10-17-6-4-5-16/h8-9,11,17H,3-7,10,16H2,1-2H3. The molecule has 1 aromatic carbocycles. The van der Waals surface area contributed by atoms with Crippen LogP contribution in [-0.2, 0) is 13.0 Å². The lowest BCUT2D eigenvalue weighted by Crippen LogP contribution is -2.18. The fourth-order valence-electron chi connectivity index (χ4n) is 2.36. The van der Waals surface area contributed by atoms with Crippen LogP contribution < -0.4 is 20.5 Å². The van der Waals surface area contributed by atoms with Gasteiger partial charge < -0.3 is 20.5 Å². The summed E-state index contributed by atoms with van der Waals surface area (Å²) in [6.07, 6.45) is 2.23. The summed E-state index contributed by atoms with van der Waals surface area (Å²) in [5, 5.41) is 3.39. The molecule has 106 valence electrons. The summed E-state index contributed by atoms with van der Waals surface area (Å²) in [5.41, 5.74) is 7.90. The summed E-state index contributed by atoms with van der Waals surface area (Å²) in [4.78, 5) is 0. The molecule has 4 nitrogen and oxygen atoms in total. The third-order valence-electron chi connectivity index (χ3n) is 3.25. The van der Waals surface area contributed by atoms with Gasteiger partial charge in [-0.1, -0.05) is 0 Å². The average Bonchev–Trinajstić information content (AvgIpc) is 2.74. The van der Waals surface area contributed by atoms with Crippen LogP contribution in [-0.4, -0.2) is 25.8 Å². The molecule has 19 heavy (non-hydrogen) atoms. The van der Waals surface area contributed by atoms with Crippen LogP contribution >= 0.6 is 0 Å². The van der Waals surface area contributed by atoms with Gasteiger partial charge >= 0.3 is 0 Å². The molecular weight excluding hydrogens is 240 g/mol. The van der Waals surface area contributed by atoms with Gasteiger partial charge in [0.1, 0.15) is 17.6 Å². The Kier molecular flexibility index (Phi) is 5.05. The zero-order chi connectivity index (χ0) is 13.7. The number of rotatable bonds is 7. The first kappa shape index (κ1) is 14.2. The van der Waals surface area contributed by atoms with Crippen molar-refractivity contribution in [2.24, 2.45) is 5.73 Å². The van der Waals surface area contributed by atoms with Crippen molar-refractivity contribution >= 4 is 0 Å². The predicted molar refractivity (Wildman–Crippen MR) is 76.8 cm³/mol. The van der Waals surface area contributed by atoms with E-state index in [0.717, 1.165) is 49.5 Å². The minimum Gasteiger partial charge on any atom is -0.494 e. The first-order valence-corrected chi connectivity index (χ1v) is 7.10. The number of fused-ring (bicyclic) bond motifs is 1. The van der Waals surface area contributed by atoms with E-state index in [1.54, 1.807) is 0 Å². The van der Waals surface area contributed by atoms with Gasteiger partial charge in [0, 0.05) is 24.1 Å². The summed E-state index contributed by atoms with van der Waals surface area (Å²) < 4.78 is 11.5. The molecule has 0 radical (unpaired) electrons. The van der Waals surface area contributed by atoms with E-state index in [-0.39, 0.29) is 6.10 Å². The SMILES string of the molecule is CCOc1cc2c(cc1CNCCCN)OC(C)C2. The van der Waals surface area contributed by atoms with Gasteiger partial charge in [0.2, 0.25) is 0 Å². The third-order valence-corrected chi connectivity index (χ3v) is 3.25. The van der Waals surface area contributed by atoms with Gasteiger partial charge in [-0.3, -0.25) is 0 Å². The largest absolute Gasteiger partial charge is 0.494 e. The molecule has 1 heterocycles. The van der Waals surface area contributed by atoms with Crippen LogP contribution in [0.4, 0.5) is 0 Å². The van der Waals surface area contributed by atoms with Gasteiger partial charge in [-0.2, -0.15) is 0 Å². The zero-order valence-corrected chi connectivity index (χ0v) is 11.9. The molecule has 1 aliphatic rings. The molecule has 0 fully saturated rings. The van der Waals surface area contributed by atoms with Crippen LogP contribution in [0.2, 0.25) is 0 Å². The second kappa shape index (κ2) is 6.78. The van der Waals surface area contributed by atoms with Crippen molar-refractivity contribution in [1.29, 1.82) is 0 Å². The molecule has 0 saturated carbocycles. The quantitative estimate of drug-likeness (QED) is 0.738. The van der Waals surface area contributed by atoms with Crippen LogP contribution in [0, 0.1) is 0 Å². The summed E-state index contributed by atoms with van der Waals surface area (Å²) in [7, 11) is 0. The molecule has 0 saturated heterocycles. The molecule has 1 aliphatic heterocycles. The van der Waals surface area contributed by atoms with E-state index in [0.29, 0.717) is 6.61 Å². The number of hydrogen-bond donors (Lipinski definition) is 2. The van der Waals surface area contributed by atoms with E-state index >= 15 is 0 Å². The van der Waals surface area contributed by atoms with Crippen molar-refractivity contribution in [3.05, 3.63) is 23.3 Å². The fraction of sp³-hybridized carbons (Fsp3) is 0.600. The Labute approximate surface area is 115 Å². The van der Waals surface area contributed by atoms with E-state index in [1.807, 2.05) is 6.92 Å². The minimum absolute atomic E-state index is 0.268. The maximum atomic E-state index is 5.80. The lowest BCUT2D eigenvalue weighted by molar-refractivity contribution is 0.254. The third kappa shape index (κ3) is 3.61. The number of nitrogens with one attached hydrogen (secondary N) is 1. The Hall–Kier alpha value is -1.26. The molecule has 0 aromatic heterocycles. The first-order valence-electron chi connectivity index (χ1n) is 7.10. The van der Waals surface area contributed by atoms with Crippen LogP contribution in [0.5, 0.6) is 11.5 Å². The molecule has 3 N–H and O–H groups in total. The Morgan fingerprint density at radius 1 is 1.47 bits per heavy atom. The number of benzene rings is 1. The molecule has 0 bridgehead atoms. The first-order chi connectivity index (χ1) is 9.24. The fourth-order valence-corrected chi connectivity index (χ4v) is 2.36. The van der Waals surface area contributed by atoms with Crippen LogP contribution in [0.15, 0.2) is 12.1 Å². The summed E-state index contributed by atoms with van der Waals surface area (Å²) >= 11 is 0. The molecule has 1 aromatic rings. The van der Waals surface area contributed by atoms with Crippen LogP contribution in [0.3, 0.4) is 0 Å². The number of ether oxygens (including phenoxy) is 2. The molecule has 4 heteroatoms. The number of hydrogen-bond acceptors (Lipinski definition) is 4. The monoisotopic (exact) mass is 264 g/mol. The predicted octanol–water partition coefficient (Wildman–Crippen LogP) is 1.85. The van der Waals surface area contributed by atoms with Crippen LogP contribution in [0.1, 0.15) is 31.4 Å². The van der Waals surface area contributed by atoms with Gasteiger partial charge in [0.25, 0.3) is 0 Å². The average molecular weight is 264 g/mol. The highest BCUT2D eigenvalue weighted by atomic mass is 16.5.